The molecular formula is C15H18N2O5. The molecule has 0 saturated carbocycles. The quantitative estimate of drug-likeness (QED) is 0.723. The minimum absolute atomic E-state index is 0.149. The molecule has 1 saturated heterocycles. The van der Waals surface area contributed by atoms with Crippen molar-refractivity contribution >= 4 is 11.9 Å². The van der Waals surface area contributed by atoms with Crippen LogP contribution in [-0.2, 0) is 16.0 Å². The molecule has 0 bridgehead atoms. The predicted octanol–water partition coefficient (Wildman–Crippen LogP) is 0.279. The Labute approximate surface area is 127 Å². The van der Waals surface area contributed by atoms with Gasteiger partial charge in [-0.2, -0.15) is 0 Å². The molecule has 1 fully saturated rings. The van der Waals surface area contributed by atoms with Crippen molar-refractivity contribution in [2.24, 2.45) is 0 Å². The first-order chi connectivity index (χ1) is 10.6. The maximum atomic E-state index is 12.0. The number of carbonyl (C=O) groups excluding carboxylic acids is 1. The lowest BCUT2D eigenvalue weighted by Gasteiger charge is -2.12. The Hall–Kier alpha value is -2.28. The smallest absolute Gasteiger partial charge is 0.320 e. The van der Waals surface area contributed by atoms with E-state index < -0.39 is 18.1 Å². The zero-order valence-electron chi connectivity index (χ0n) is 12.0. The number of carboxylic acids is 1. The van der Waals surface area contributed by atoms with Gasteiger partial charge >= 0.3 is 5.97 Å². The van der Waals surface area contributed by atoms with Gasteiger partial charge in [0.25, 0.3) is 0 Å². The van der Waals surface area contributed by atoms with E-state index in [1.165, 1.54) is 0 Å². The second-order valence-electron chi connectivity index (χ2n) is 5.42. The fourth-order valence-corrected chi connectivity index (χ4v) is 2.69. The van der Waals surface area contributed by atoms with Gasteiger partial charge in [0.15, 0.2) is 11.5 Å². The number of carboxylic acid groups (broad SMARTS) is 1. The van der Waals surface area contributed by atoms with Crippen LogP contribution in [0.2, 0.25) is 0 Å². The molecule has 0 aromatic heterocycles. The summed E-state index contributed by atoms with van der Waals surface area (Å²) in [6.07, 6.45) is 1.71. The Morgan fingerprint density at radius 3 is 2.77 bits per heavy atom. The Morgan fingerprint density at radius 2 is 2.00 bits per heavy atom. The number of ether oxygens (including phenoxy) is 2. The molecule has 3 rings (SSSR count). The summed E-state index contributed by atoms with van der Waals surface area (Å²) in [5.41, 5.74) is 1.05. The zero-order chi connectivity index (χ0) is 15.5. The van der Waals surface area contributed by atoms with Crippen LogP contribution in [0.3, 0.4) is 0 Å². The minimum atomic E-state index is -0.907. The highest BCUT2D eigenvalue weighted by molar-refractivity contribution is 5.84. The Bertz CT molecular complexity index is 589. The van der Waals surface area contributed by atoms with E-state index in [0.29, 0.717) is 25.8 Å². The number of amides is 1. The largest absolute Gasteiger partial charge is 0.480 e. The second-order valence-corrected chi connectivity index (χ2v) is 5.42. The molecule has 1 aromatic rings. The molecule has 1 amide bonds. The van der Waals surface area contributed by atoms with Crippen LogP contribution >= 0.6 is 0 Å². The lowest BCUT2D eigenvalue weighted by molar-refractivity contribution is -0.139. The van der Waals surface area contributed by atoms with Crippen molar-refractivity contribution in [3.05, 3.63) is 23.8 Å². The number of hydrogen-bond acceptors (Lipinski definition) is 5. The zero-order valence-corrected chi connectivity index (χ0v) is 12.0. The van der Waals surface area contributed by atoms with Gasteiger partial charge in [-0.3, -0.25) is 14.9 Å². The number of fused-ring (bicyclic) bond motifs is 1. The van der Waals surface area contributed by atoms with Gasteiger partial charge in [0.1, 0.15) is 6.04 Å². The van der Waals surface area contributed by atoms with Crippen LogP contribution in [0.25, 0.3) is 0 Å². The fourth-order valence-electron chi connectivity index (χ4n) is 2.69. The summed E-state index contributed by atoms with van der Waals surface area (Å²) in [5, 5.41) is 14.6. The molecule has 2 atom stereocenters. The lowest BCUT2D eigenvalue weighted by atomic mass is 10.1. The Kier molecular flexibility index (Phi) is 4.15. The normalized spacial score (nSPS) is 22.5. The molecule has 2 heterocycles. The highest BCUT2D eigenvalue weighted by Gasteiger charge is 2.32. The number of benzene rings is 1. The number of hydrogen-bond donors (Lipinski definition) is 3. The van der Waals surface area contributed by atoms with Crippen molar-refractivity contribution in [2.45, 2.75) is 31.3 Å². The van der Waals surface area contributed by atoms with Crippen molar-refractivity contribution in [1.82, 2.24) is 10.6 Å². The Morgan fingerprint density at radius 1 is 1.23 bits per heavy atom. The van der Waals surface area contributed by atoms with Crippen molar-refractivity contribution in [3.8, 4) is 11.5 Å². The summed E-state index contributed by atoms with van der Waals surface area (Å²) in [4.78, 5) is 22.8. The van der Waals surface area contributed by atoms with E-state index in [-0.39, 0.29) is 12.7 Å². The molecule has 1 aromatic carbocycles. The average molecular weight is 306 g/mol. The number of aliphatic carboxylic acids is 1. The van der Waals surface area contributed by atoms with E-state index in [1.54, 1.807) is 0 Å². The van der Waals surface area contributed by atoms with Gasteiger partial charge in [-0.15, -0.1) is 0 Å². The van der Waals surface area contributed by atoms with Gasteiger partial charge in [-0.1, -0.05) is 6.07 Å². The third kappa shape index (κ3) is 3.14. The predicted molar refractivity (Wildman–Crippen MR) is 76.9 cm³/mol. The van der Waals surface area contributed by atoms with Gasteiger partial charge in [0.05, 0.1) is 6.04 Å². The van der Waals surface area contributed by atoms with E-state index in [4.69, 9.17) is 14.6 Å². The second kappa shape index (κ2) is 6.23. The topological polar surface area (TPSA) is 96.9 Å². The summed E-state index contributed by atoms with van der Waals surface area (Å²) >= 11 is 0. The molecule has 2 aliphatic rings. The van der Waals surface area contributed by atoms with Crippen LogP contribution < -0.4 is 20.1 Å². The number of nitrogens with one attached hydrogen (secondary N) is 2. The fraction of sp³-hybridized carbons (Fsp3) is 0.467. The first-order valence-electron chi connectivity index (χ1n) is 7.28. The molecule has 3 N–H and O–H groups in total. The van der Waals surface area contributed by atoms with Gasteiger partial charge in [-0.05, 0) is 37.0 Å². The van der Waals surface area contributed by atoms with Crippen LogP contribution in [-0.4, -0.2) is 42.4 Å². The summed E-state index contributed by atoms with van der Waals surface area (Å²) < 4.78 is 10.6. The van der Waals surface area contributed by atoms with E-state index in [0.717, 1.165) is 17.1 Å². The molecule has 0 radical (unpaired) electrons. The van der Waals surface area contributed by atoms with Crippen molar-refractivity contribution in [1.29, 1.82) is 0 Å². The molecule has 0 aliphatic carbocycles. The molecule has 2 aliphatic heterocycles. The first-order valence-corrected chi connectivity index (χ1v) is 7.28. The van der Waals surface area contributed by atoms with Crippen LogP contribution in [0.1, 0.15) is 18.4 Å². The van der Waals surface area contributed by atoms with Crippen LogP contribution in [0.5, 0.6) is 11.5 Å². The highest BCUT2D eigenvalue weighted by atomic mass is 16.7. The monoisotopic (exact) mass is 306 g/mol. The van der Waals surface area contributed by atoms with Crippen molar-refractivity contribution in [2.75, 3.05) is 13.3 Å². The van der Waals surface area contributed by atoms with Crippen LogP contribution in [0, 0.1) is 0 Å². The molecule has 7 nitrogen and oxygen atoms in total. The molecule has 7 heteroatoms. The lowest BCUT2D eigenvalue weighted by Crippen LogP contribution is -2.45. The van der Waals surface area contributed by atoms with Crippen LogP contribution in [0.4, 0.5) is 0 Å². The maximum Gasteiger partial charge on any atom is 0.320 e. The maximum absolute atomic E-state index is 12.0. The van der Waals surface area contributed by atoms with Crippen molar-refractivity contribution in [3.63, 3.8) is 0 Å². The molecule has 0 unspecified atom stereocenters. The standard InChI is InChI=1S/C15H18N2O5/c18-14(10-2-3-11(17-10)15(19)20)16-6-5-9-1-4-12-13(7-9)22-8-21-12/h1,4,7,10-11,17H,2-3,5-6,8H2,(H,16,18)(H,19,20)/t10-,11+/m1/s1. The van der Waals surface area contributed by atoms with Gasteiger partial charge in [0.2, 0.25) is 12.7 Å². The third-order valence-electron chi connectivity index (χ3n) is 3.91. The van der Waals surface area contributed by atoms with Gasteiger partial charge < -0.3 is 19.9 Å². The summed E-state index contributed by atoms with van der Waals surface area (Å²) in [6.45, 7) is 0.738. The minimum Gasteiger partial charge on any atom is -0.480 e. The van der Waals surface area contributed by atoms with E-state index in [1.807, 2.05) is 18.2 Å². The summed E-state index contributed by atoms with van der Waals surface area (Å²) in [5.74, 6) is 0.411. The SMILES string of the molecule is O=C(O)[C@@H]1CC[C@H](C(=O)NCCc2ccc3c(c2)OCO3)N1. The third-order valence-corrected chi connectivity index (χ3v) is 3.91. The van der Waals surface area contributed by atoms with Gasteiger partial charge in [0, 0.05) is 6.54 Å². The van der Waals surface area contributed by atoms with Crippen LogP contribution in [0.15, 0.2) is 18.2 Å². The van der Waals surface area contributed by atoms with E-state index >= 15 is 0 Å². The number of carbonyl (C=O) groups is 2. The number of rotatable bonds is 5. The molecule has 118 valence electrons. The highest BCUT2D eigenvalue weighted by Crippen LogP contribution is 2.32. The average Bonchev–Trinajstić information content (AvgIpc) is 3.16. The molecule has 22 heavy (non-hydrogen) atoms. The summed E-state index contributed by atoms with van der Waals surface area (Å²) in [6, 6.07) is 4.66. The first kappa shape index (κ1) is 14.6. The van der Waals surface area contributed by atoms with Gasteiger partial charge in [-0.25, -0.2) is 0 Å². The molecule has 0 spiro atoms. The molecular weight excluding hydrogens is 288 g/mol. The Balaban J connectivity index is 1.45. The van der Waals surface area contributed by atoms with E-state index in [2.05, 4.69) is 10.6 Å². The van der Waals surface area contributed by atoms with E-state index in [9.17, 15) is 9.59 Å². The van der Waals surface area contributed by atoms with Crippen molar-refractivity contribution < 1.29 is 24.2 Å². The summed E-state index contributed by atoms with van der Waals surface area (Å²) in [7, 11) is 0.